The van der Waals surface area contributed by atoms with E-state index in [1.165, 1.54) is 27.5 Å². The first-order valence-electron chi connectivity index (χ1n) is 6.71. The highest BCUT2D eigenvalue weighted by Gasteiger charge is 2.08. The molecule has 108 valence electrons. The molecule has 0 bridgehead atoms. The molecule has 2 N–H and O–H groups in total. The lowest BCUT2D eigenvalue weighted by Crippen LogP contribution is -2.13. The van der Waals surface area contributed by atoms with Crippen LogP contribution >= 0.6 is 11.8 Å². The van der Waals surface area contributed by atoms with Gasteiger partial charge in [0.25, 0.3) is 0 Å². The Bertz CT molecular complexity index is 632. The fourth-order valence-electron chi connectivity index (χ4n) is 1.87. The molecule has 0 amide bonds. The third-order valence-electron chi connectivity index (χ3n) is 3.04. The summed E-state index contributed by atoms with van der Waals surface area (Å²) in [7, 11) is 1.71. The van der Waals surface area contributed by atoms with Gasteiger partial charge in [-0.1, -0.05) is 19.1 Å². The maximum Gasteiger partial charge on any atom is 0.343 e. The highest BCUT2D eigenvalue weighted by Crippen LogP contribution is 2.28. The van der Waals surface area contributed by atoms with Crippen LogP contribution in [-0.2, 0) is 13.6 Å². The van der Waals surface area contributed by atoms with Gasteiger partial charge in [0.1, 0.15) is 0 Å². The van der Waals surface area contributed by atoms with Crippen LogP contribution in [-0.4, -0.2) is 21.3 Å². The highest BCUT2D eigenvalue weighted by atomic mass is 32.2. The van der Waals surface area contributed by atoms with E-state index < -0.39 is 0 Å². The van der Waals surface area contributed by atoms with Crippen LogP contribution in [0.2, 0.25) is 0 Å². The summed E-state index contributed by atoms with van der Waals surface area (Å²) >= 11 is 1.50. The van der Waals surface area contributed by atoms with E-state index in [4.69, 9.17) is 0 Å². The molecule has 0 spiro atoms. The van der Waals surface area contributed by atoms with Gasteiger partial charge in [0.15, 0.2) is 5.16 Å². The first-order chi connectivity index (χ1) is 9.61. The minimum Gasteiger partial charge on any atom is -0.313 e. The molecule has 5 nitrogen and oxygen atoms in total. The Hall–Kier alpha value is -1.53. The summed E-state index contributed by atoms with van der Waals surface area (Å²) in [6.45, 7) is 6.16. The van der Waals surface area contributed by atoms with Gasteiger partial charge >= 0.3 is 5.69 Å². The van der Waals surface area contributed by atoms with Gasteiger partial charge in [-0.15, -0.1) is 5.10 Å². The predicted molar refractivity (Wildman–Crippen MR) is 81.1 cm³/mol. The predicted octanol–water partition coefficient (Wildman–Crippen LogP) is 2.07. The molecule has 0 aliphatic rings. The number of nitrogens with zero attached hydrogens (tertiary/aromatic N) is 2. The van der Waals surface area contributed by atoms with E-state index in [0.717, 1.165) is 24.4 Å². The molecule has 1 aromatic carbocycles. The fraction of sp³-hybridized carbons (Fsp3) is 0.429. The number of aryl methyl sites for hydroxylation is 1. The summed E-state index contributed by atoms with van der Waals surface area (Å²) in [5.74, 6) is 0. The van der Waals surface area contributed by atoms with E-state index in [-0.39, 0.29) is 5.69 Å². The quantitative estimate of drug-likeness (QED) is 0.800. The van der Waals surface area contributed by atoms with Crippen molar-refractivity contribution in [1.29, 1.82) is 0 Å². The normalized spacial score (nSPS) is 10.9. The van der Waals surface area contributed by atoms with Crippen molar-refractivity contribution in [3.05, 3.63) is 39.8 Å². The Labute approximate surface area is 122 Å². The third kappa shape index (κ3) is 3.52. The Balaban J connectivity index is 2.09. The number of benzene rings is 1. The van der Waals surface area contributed by atoms with Crippen LogP contribution in [0.5, 0.6) is 0 Å². The van der Waals surface area contributed by atoms with Crippen LogP contribution < -0.4 is 11.0 Å². The molecule has 0 aliphatic heterocycles. The highest BCUT2D eigenvalue weighted by molar-refractivity contribution is 7.99. The number of hydrogen-bond donors (Lipinski definition) is 2. The van der Waals surface area contributed by atoms with Crippen LogP contribution in [0.15, 0.2) is 33.0 Å². The standard InChI is InChI=1S/C14H20N4OS/c1-4-7-15-9-11-5-6-12(10(2)8-11)20-14-17-16-13(19)18(14)3/h5-6,8,15H,4,7,9H2,1-3H3,(H,16,19). The molecule has 1 heterocycles. The SMILES string of the molecule is CCCNCc1ccc(Sc2n[nH]c(=O)n2C)c(C)c1. The largest absolute Gasteiger partial charge is 0.343 e. The minimum atomic E-state index is -0.189. The molecular weight excluding hydrogens is 272 g/mol. The zero-order chi connectivity index (χ0) is 14.5. The summed E-state index contributed by atoms with van der Waals surface area (Å²) in [4.78, 5) is 12.5. The first-order valence-corrected chi connectivity index (χ1v) is 7.53. The van der Waals surface area contributed by atoms with E-state index in [1.807, 2.05) is 0 Å². The Morgan fingerprint density at radius 1 is 1.45 bits per heavy atom. The molecular formula is C14H20N4OS. The van der Waals surface area contributed by atoms with Crippen LogP contribution in [0.1, 0.15) is 24.5 Å². The van der Waals surface area contributed by atoms with E-state index in [9.17, 15) is 4.79 Å². The molecule has 0 saturated heterocycles. The second kappa shape index (κ2) is 6.76. The van der Waals surface area contributed by atoms with Crippen molar-refractivity contribution < 1.29 is 0 Å². The van der Waals surface area contributed by atoms with Crippen molar-refractivity contribution in [2.75, 3.05) is 6.54 Å². The van der Waals surface area contributed by atoms with Crippen LogP contribution in [0.4, 0.5) is 0 Å². The number of aromatic amines is 1. The second-order valence-electron chi connectivity index (χ2n) is 4.75. The summed E-state index contributed by atoms with van der Waals surface area (Å²) in [6, 6.07) is 6.38. The van der Waals surface area contributed by atoms with E-state index >= 15 is 0 Å². The summed E-state index contributed by atoms with van der Waals surface area (Å²) < 4.78 is 1.51. The molecule has 0 fully saturated rings. The lowest BCUT2D eigenvalue weighted by atomic mass is 10.1. The van der Waals surface area contributed by atoms with Crippen LogP contribution in [0.25, 0.3) is 0 Å². The maximum absolute atomic E-state index is 11.3. The molecule has 2 aromatic rings. The number of hydrogen-bond acceptors (Lipinski definition) is 4. The Morgan fingerprint density at radius 2 is 2.25 bits per heavy atom. The molecule has 0 atom stereocenters. The van der Waals surface area contributed by atoms with Crippen molar-refractivity contribution >= 4 is 11.8 Å². The molecule has 0 unspecified atom stereocenters. The van der Waals surface area contributed by atoms with Gasteiger partial charge in [-0.2, -0.15) is 0 Å². The average Bonchev–Trinajstić information content (AvgIpc) is 2.74. The number of nitrogens with one attached hydrogen (secondary N) is 2. The van der Waals surface area contributed by atoms with E-state index in [2.05, 4.69) is 47.6 Å². The van der Waals surface area contributed by atoms with Crippen molar-refractivity contribution in [2.45, 2.75) is 36.9 Å². The topological polar surface area (TPSA) is 62.7 Å². The molecule has 0 aliphatic carbocycles. The number of rotatable bonds is 6. The molecule has 6 heteroatoms. The van der Waals surface area contributed by atoms with Gasteiger partial charge in [0, 0.05) is 18.5 Å². The minimum absolute atomic E-state index is 0.189. The molecule has 0 radical (unpaired) electrons. The number of aromatic nitrogens is 3. The zero-order valence-electron chi connectivity index (χ0n) is 12.1. The van der Waals surface area contributed by atoms with Gasteiger partial charge < -0.3 is 5.32 Å². The van der Waals surface area contributed by atoms with Gasteiger partial charge in [0.2, 0.25) is 0 Å². The summed E-state index contributed by atoms with van der Waals surface area (Å²) in [5, 5.41) is 10.5. The molecule has 2 rings (SSSR count). The Morgan fingerprint density at radius 3 is 2.85 bits per heavy atom. The second-order valence-corrected chi connectivity index (χ2v) is 5.76. The van der Waals surface area contributed by atoms with Crippen LogP contribution in [0.3, 0.4) is 0 Å². The molecule has 20 heavy (non-hydrogen) atoms. The van der Waals surface area contributed by atoms with Crippen LogP contribution in [0, 0.1) is 6.92 Å². The van der Waals surface area contributed by atoms with Crippen molar-refractivity contribution in [3.63, 3.8) is 0 Å². The van der Waals surface area contributed by atoms with Gasteiger partial charge in [0.05, 0.1) is 0 Å². The van der Waals surface area contributed by atoms with E-state index in [0.29, 0.717) is 5.16 Å². The maximum atomic E-state index is 11.3. The van der Waals surface area contributed by atoms with Gasteiger partial charge in [-0.3, -0.25) is 4.57 Å². The van der Waals surface area contributed by atoms with Crippen molar-refractivity contribution in [1.82, 2.24) is 20.1 Å². The smallest absolute Gasteiger partial charge is 0.313 e. The monoisotopic (exact) mass is 292 g/mol. The van der Waals surface area contributed by atoms with Gasteiger partial charge in [-0.05, 0) is 48.8 Å². The number of H-pyrrole nitrogens is 1. The first kappa shape index (κ1) is 14.9. The molecule has 1 aromatic heterocycles. The van der Waals surface area contributed by atoms with Gasteiger partial charge in [-0.25, -0.2) is 9.89 Å². The summed E-state index contributed by atoms with van der Waals surface area (Å²) in [6.07, 6.45) is 1.14. The van der Waals surface area contributed by atoms with Crippen molar-refractivity contribution in [3.8, 4) is 0 Å². The third-order valence-corrected chi connectivity index (χ3v) is 4.26. The lowest BCUT2D eigenvalue weighted by molar-refractivity contribution is 0.675. The van der Waals surface area contributed by atoms with Crippen molar-refractivity contribution in [2.24, 2.45) is 7.05 Å². The van der Waals surface area contributed by atoms with E-state index in [1.54, 1.807) is 7.05 Å². The fourth-order valence-corrected chi connectivity index (χ4v) is 2.73. The zero-order valence-corrected chi connectivity index (χ0v) is 12.9. The molecule has 0 saturated carbocycles. The average molecular weight is 292 g/mol. The Kier molecular flexibility index (Phi) is 5.03. The summed E-state index contributed by atoms with van der Waals surface area (Å²) in [5.41, 5.74) is 2.28. The lowest BCUT2D eigenvalue weighted by Gasteiger charge is -2.08.